The Hall–Kier alpha value is -3.27. The largest absolute Gasteiger partial charge is 0.294 e. The smallest absolute Gasteiger partial charge is 0.256 e. The Morgan fingerprint density at radius 3 is 2.65 bits per heavy atom. The first kappa shape index (κ1) is 16.2. The van der Waals surface area contributed by atoms with E-state index in [1.807, 2.05) is 13.0 Å². The molecule has 0 bridgehead atoms. The minimum absolute atomic E-state index is 0.0329. The molecule has 0 unspecified atom stereocenters. The van der Waals surface area contributed by atoms with Gasteiger partial charge in [-0.1, -0.05) is 0 Å². The first-order valence-corrected chi connectivity index (χ1v) is 8.59. The molecule has 130 valence electrons. The topological polar surface area (TPSA) is 107 Å². The lowest BCUT2D eigenvalue weighted by Gasteiger charge is -2.10. The molecule has 7 heteroatoms. The summed E-state index contributed by atoms with van der Waals surface area (Å²) in [5.74, 6) is 0.664. The number of hydrogen-bond donors (Lipinski definition) is 2. The van der Waals surface area contributed by atoms with Gasteiger partial charge in [0.2, 0.25) is 11.9 Å². The van der Waals surface area contributed by atoms with Gasteiger partial charge in [-0.25, -0.2) is 15.0 Å². The molecule has 26 heavy (non-hydrogen) atoms. The number of rotatable bonds is 3. The summed E-state index contributed by atoms with van der Waals surface area (Å²) in [5, 5.41) is 12.8. The summed E-state index contributed by atoms with van der Waals surface area (Å²) in [6, 6.07) is 6.30. The van der Waals surface area contributed by atoms with E-state index in [2.05, 4.69) is 37.4 Å². The van der Waals surface area contributed by atoms with Crippen molar-refractivity contribution in [1.29, 1.82) is 5.26 Å². The zero-order valence-electron chi connectivity index (χ0n) is 14.7. The molecular formula is C19H18N6O. The van der Waals surface area contributed by atoms with Crippen LogP contribution in [-0.2, 0) is 19.3 Å². The number of fused-ring (bicyclic) bond motifs is 2. The second-order valence-corrected chi connectivity index (χ2v) is 6.56. The zero-order valence-corrected chi connectivity index (χ0v) is 14.7. The summed E-state index contributed by atoms with van der Waals surface area (Å²) >= 11 is 0. The van der Waals surface area contributed by atoms with Crippen LogP contribution in [0.4, 0.5) is 11.9 Å². The van der Waals surface area contributed by atoms with E-state index < -0.39 is 0 Å². The molecule has 7 nitrogen and oxygen atoms in total. The molecule has 2 heterocycles. The number of anilines is 2. The molecule has 3 aromatic rings. The van der Waals surface area contributed by atoms with Gasteiger partial charge in [-0.05, 0) is 56.4 Å². The highest BCUT2D eigenvalue weighted by Crippen LogP contribution is 2.28. The number of nitriles is 1. The fourth-order valence-electron chi connectivity index (χ4n) is 3.47. The molecule has 1 aromatic carbocycles. The monoisotopic (exact) mass is 346 g/mol. The molecular weight excluding hydrogens is 328 g/mol. The van der Waals surface area contributed by atoms with Gasteiger partial charge in [0.1, 0.15) is 0 Å². The maximum atomic E-state index is 12.1. The second-order valence-electron chi connectivity index (χ2n) is 6.56. The Kier molecular flexibility index (Phi) is 3.88. The van der Waals surface area contributed by atoms with Gasteiger partial charge in [0.15, 0.2) is 0 Å². The average Bonchev–Trinajstić information content (AvgIpc) is 3.04. The van der Waals surface area contributed by atoms with Crippen LogP contribution in [-0.4, -0.2) is 19.9 Å². The van der Waals surface area contributed by atoms with Crippen LogP contribution in [0.3, 0.4) is 0 Å². The van der Waals surface area contributed by atoms with Crippen molar-refractivity contribution in [3.8, 4) is 6.07 Å². The van der Waals surface area contributed by atoms with Crippen LogP contribution >= 0.6 is 0 Å². The van der Waals surface area contributed by atoms with Gasteiger partial charge in [-0.2, -0.15) is 5.26 Å². The second kappa shape index (κ2) is 6.23. The van der Waals surface area contributed by atoms with Gasteiger partial charge in [0.05, 0.1) is 35.0 Å². The van der Waals surface area contributed by atoms with Crippen molar-refractivity contribution in [2.75, 3.05) is 5.32 Å². The number of nitrogens with zero attached hydrogens (tertiary/aromatic N) is 4. The number of benzene rings is 1. The molecule has 0 amide bonds. The van der Waals surface area contributed by atoms with E-state index in [9.17, 15) is 4.79 Å². The van der Waals surface area contributed by atoms with E-state index in [-0.39, 0.29) is 17.9 Å². The normalized spacial score (nSPS) is 12.8. The van der Waals surface area contributed by atoms with Crippen molar-refractivity contribution in [1.82, 2.24) is 19.9 Å². The Bertz CT molecular complexity index is 1130. The van der Waals surface area contributed by atoms with Crippen molar-refractivity contribution < 1.29 is 0 Å². The Labute approximate surface area is 150 Å². The van der Waals surface area contributed by atoms with Crippen LogP contribution in [0.2, 0.25) is 0 Å². The SMILES string of the molecule is Cc1nc(Nc2nc(C)c3cc4c(cc3n2)CCC4)[nH]c(=O)c1CC#N. The van der Waals surface area contributed by atoms with Gasteiger partial charge in [0.25, 0.3) is 5.56 Å². The molecule has 1 aliphatic carbocycles. The first-order valence-electron chi connectivity index (χ1n) is 8.59. The van der Waals surface area contributed by atoms with Gasteiger partial charge >= 0.3 is 0 Å². The molecule has 4 rings (SSSR count). The lowest BCUT2D eigenvalue weighted by atomic mass is 10.1. The molecule has 0 saturated heterocycles. The van der Waals surface area contributed by atoms with E-state index in [0.29, 0.717) is 17.2 Å². The Morgan fingerprint density at radius 2 is 1.92 bits per heavy atom. The van der Waals surface area contributed by atoms with E-state index in [1.54, 1.807) is 6.92 Å². The molecule has 1 aliphatic rings. The van der Waals surface area contributed by atoms with E-state index in [1.165, 1.54) is 17.5 Å². The highest BCUT2D eigenvalue weighted by atomic mass is 16.1. The fourth-order valence-corrected chi connectivity index (χ4v) is 3.47. The summed E-state index contributed by atoms with van der Waals surface area (Å²) in [4.78, 5) is 28.2. The van der Waals surface area contributed by atoms with Crippen LogP contribution in [0.25, 0.3) is 10.9 Å². The predicted octanol–water partition coefficient (Wildman–Crippen LogP) is 2.63. The summed E-state index contributed by atoms with van der Waals surface area (Å²) in [5.41, 5.74) is 5.09. The third-order valence-electron chi connectivity index (χ3n) is 4.81. The van der Waals surface area contributed by atoms with Crippen molar-refractivity contribution in [2.45, 2.75) is 39.5 Å². The summed E-state index contributed by atoms with van der Waals surface area (Å²) in [6.07, 6.45) is 3.42. The minimum atomic E-state index is -0.322. The van der Waals surface area contributed by atoms with Gasteiger partial charge < -0.3 is 0 Å². The Morgan fingerprint density at radius 1 is 1.15 bits per heavy atom. The number of aromatic nitrogens is 4. The van der Waals surface area contributed by atoms with Crippen LogP contribution < -0.4 is 10.9 Å². The summed E-state index contributed by atoms with van der Waals surface area (Å²) in [6.45, 7) is 3.66. The van der Waals surface area contributed by atoms with Crippen molar-refractivity contribution in [2.24, 2.45) is 0 Å². The molecule has 2 aromatic heterocycles. The number of aryl methyl sites for hydroxylation is 4. The van der Waals surface area contributed by atoms with E-state index in [0.717, 1.165) is 29.4 Å². The Balaban J connectivity index is 1.73. The third kappa shape index (κ3) is 2.80. The lowest BCUT2D eigenvalue weighted by Crippen LogP contribution is -2.18. The lowest BCUT2D eigenvalue weighted by molar-refractivity contribution is 0.912. The maximum Gasteiger partial charge on any atom is 0.256 e. The quantitative estimate of drug-likeness (QED) is 0.755. The number of nitrogens with one attached hydrogen (secondary N) is 2. The van der Waals surface area contributed by atoms with Gasteiger partial charge in [-0.15, -0.1) is 0 Å². The van der Waals surface area contributed by atoms with Gasteiger partial charge in [-0.3, -0.25) is 15.1 Å². The number of H-pyrrole nitrogens is 1. The molecule has 2 N–H and O–H groups in total. The van der Waals surface area contributed by atoms with Crippen LogP contribution in [0.5, 0.6) is 0 Å². The highest BCUT2D eigenvalue weighted by Gasteiger charge is 2.15. The molecule has 0 aliphatic heterocycles. The molecule has 0 fully saturated rings. The number of aromatic amines is 1. The zero-order chi connectivity index (χ0) is 18.3. The first-order chi connectivity index (χ1) is 12.5. The predicted molar refractivity (Wildman–Crippen MR) is 98.5 cm³/mol. The third-order valence-corrected chi connectivity index (χ3v) is 4.81. The number of hydrogen-bond acceptors (Lipinski definition) is 6. The average molecular weight is 346 g/mol. The van der Waals surface area contributed by atoms with Crippen molar-refractivity contribution in [3.05, 3.63) is 50.6 Å². The molecule has 0 saturated carbocycles. The van der Waals surface area contributed by atoms with Crippen LogP contribution in [0.1, 0.15) is 34.5 Å². The van der Waals surface area contributed by atoms with Crippen molar-refractivity contribution >= 4 is 22.8 Å². The summed E-state index contributed by atoms with van der Waals surface area (Å²) < 4.78 is 0. The van der Waals surface area contributed by atoms with Crippen LogP contribution in [0.15, 0.2) is 16.9 Å². The van der Waals surface area contributed by atoms with E-state index >= 15 is 0 Å². The molecule has 0 radical (unpaired) electrons. The molecule has 0 spiro atoms. The standard InChI is InChI=1S/C19H18N6O/c1-10-14(6-7-20)17(26)24-19(21-10)25-18-22-11(2)15-8-12-4-3-5-13(12)9-16(15)23-18/h8-9H,3-6H2,1-2H3,(H2,21,22,23,24,25,26). The van der Waals surface area contributed by atoms with Crippen LogP contribution in [0, 0.1) is 25.2 Å². The maximum absolute atomic E-state index is 12.1. The van der Waals surface area contributed by atoms with E-state index in [4.69, 9.17) is 5.26 Å². The minimum Gasteiger partial charge on any atom is -0.294 e. The van der Waals surface area contributed by atoms with Crippen molar-refractivity contribution in [3.63, 3.8) is 0 Å². The fraction of sp³-hybridized carbons (Fsp3) is 0.316. The summed E-state index contributed by atoms with van der Waals surface area (Å²) in [7, 11) is 0. The highest BCUT2D eigenvalue weighted by molar-refractivity contribution is 5.84. The molecule has 0 atom stereocenters. The van der Waals surface area contributed by atoms with Gasteiger partial charge in [0, 0.05) is 5.39 Å².